The molecule has 0 atom stereocenters. The van der Waals surface area contributed by atoms with Gasteiger partial charge in [0.1, 0.15) is 5.75 Å². The van der Waals surface area contributed by atoms with E-state index in [-0.39, 0.29) is 17.2 Å². The molecule has 0 bridgehead atoms. The molecule has 166 valence electrons. The van der Waals surface area contributed by atoms with Crippen molar-refractivity contribution in [2.45, 2.75) is 45.4 Å². The number of carbonyl (C=O) groups is 2. The van der Waals surface area contributed by atoms with E-state index in [1.54, 1.807) is 0 Å². The summed E-state index contributed by atoms with van der Waals surface area (Å²) in [5.41, 5.74) is -0.211. The number of amides is 2. The molecule has 6 nitrogen and oxygen atoms in total. The smallest absolute Gasteiger partial charge is 0.223 e. The van der Waals surface area contributed by atoms with Crippen molar-refractivity contribution in [1.82, 2.24) is 14.7 Å². The highest BCUT2D eigenvalue weighted by Crippen LogP contribution is 2.37. The molecule has 0 saturated carbocycles. The minimum absolute atomic E-state index is 0.211. The molecule has 0 radical (unpaired) electrons. The van der Waals surface area contributed by atoms with Gasteiger partial charge in [-0.05, 0) is 38.4 Å². The minimum atomic E-state index is -0.211. The molecule has 1 aromatic carbocycles. The summed E-state index contributed by atoms with van der Waals surface area (Å²) in [6.45, 7) is 7.53. The van der Waals surface area contributed by atoms with Gasteiger partial charge in [0, 0.05) is 57.5 Å². The van der Waals surface area contributed by atoms with Crippen LogP contribution in [-0.2, 0) is 9.59 Å². The van der Waals surface area contributed by atoms with Gasteiger partial charge in [-0.15, -0.1) is 0 Å². The van der Waals surface area contributed by atoms with Gasteiger partial charge in [0.05, 0.1) is 6.61 Å². The quantitative estimate of drug-likeness (QED) is 0.655. The third-order valence-corrected chi connectivity index (χ3v) is 6.59. The van der Waals surface area contributed by atoms with E-state index >= 15 is 0 Å². The van der Waals surface area contributed by atoms with E-state index in [9.17, 15) is 9.59 Å². The summed E-state index contributed by atoms with van der Waals surface area (Å²) in [4.78, 5) is 31.8. The molecule has 2 aliphatic heterocycles. The zero-order valence-corrected chi connectivity index (χ0v) is 18.6. The zero-order chi connectivity index (χ0) is 21.4. The standard InChI is InChI=1S/C24H37N3O3/c1-3-4-10-22(28)26-13-11-24(12-14-26,20-30-21-8-6-5-7-9-21)19-23(29)27-17-15-25(2)16-18-27/h5-9H,3-4,10-20H2,1-2H3. The van der Waals surface area contributed by atoms with E-state index in [2.05, 4.69) is 18.9 Å². The number of unbranched alkanes of at least 4 members (excludes halogenated alkanes) is 1. The number of hydrogen-bond acceptors (Lipinski definition) is 4. The molecule has 2 amide bonds. The molecule has 6 heteroatoms. The Bertz CT molecular complexity index is 678. The van der Waals surface area contributed by atoms with Crippen molar-refractivity contribution in [2.24, 2.45) is 5.41 Å². The summed E-state index contributed by atoms with van der Waals surface area (Å²) in [5, 5.41) is 0. The Morgan fingerprint density at radius 3 is 2.20 bits per heavy atom. The fraction of sp³-hybridized carbons (Fsp3) is 0.667. The lowest BCUT2D eigenvalue weighted by molar-refractivity contribution is -0.139. The molecule has 3 rings (SSSR count). The summed E-state index contributed by atoms with van der Waals surface area (Å²) in [6.07, 6.45) is 4.74. The van der Waals surface area contributed by atoms with Crippen molar-refractivity contribution >= 4 is 11.8 Å². The van der Waals surface area contributed by atoms with Gasteiger partial charge in [0.25, 0.3) is 0 Å². The Morgan fingerprint density at radius 1 is 0.933 bits per heavy atom. The van der Waals surface area contributed by atoms with Crippen LogP contribution in [0.5, 0.6) is 5.75 Å². The van der Waals surface area contributed by atoms with Crippen molar-refractivity contribution in [3.8, 4) is 5.75 Å². The van der Waals surface area contributed by atoms with E-state index in [0.717, 1.165) is 70.7 Å². The summed E-state index contributed by atoms with van der Waals surface area (Å²) in [7, 11) is 2.10. The number of rotatable bonds is 8. The number of likely N-dealkylation sites (N-methyl/N-ethyl adjacent to an activating group) is 1. The minimum Gasteiger partial charge on any atom is -0.493 e. The lowest BCUT2D eigenvalue weighted by Gasteiger charge is -2.43. The molecule has 2 heterocycles. The van der Waals surface area contributed by atoms with E-state index < -0.39 is 0 Å². The average molecular weight is 416 g/mol. The van der Waals surface area contributed by atoms with Crippen LogP contribution in [0.25, 0.3) is 0 Å². The summed E-state index contributed by atoms with van der Waals surface area (Å²) in [5.74, 6) is 1.32. The van der Waals surface area contributed by atoms with E-state index in [1.807, 2.05) is 40.1 Å². The van der Waals surface area contributed by atoms with Gasteiger partial charge >= 0.3 is 0 Å². The number of ether oxygens (including phenoxy) is 1. The van der Waals surface area contributed by atoms with Gasteiger partial charge in [0.2, 0.25) is 11.8 Å². The Morgan fingerprint density at radius 2 is 1.57 bits per heavy atom. The number of carbonyl (C=O) groups excluding carboxylic acids is 2. The highest BCUT2D eigenvalue weighted by molar-refractivity contribution is 5.78. The summed E-state index contributed by atoms with van der Waals surface area (Å²) < 4.78 is 6.13. The molecule has 1 aromatic rings. The van der Waals surface area contributed by atoms with Gasteiger partial charge in [-0.3, -0.25) is 9.59 Å². The van der Waals surface area contributed by atoms with Crippen molar-refractivity contribution in [1.29, 1.82) is 0 Å². The molecule has 2 fully saturated rings. The van der Waals surface area contributed by atoms with Crippen molar-refractivity contribution in [2.75, 3.05) is 52.9 Å². The van der Waals surface area contributed by atoms with Crippen LogP contribution in [0.1, 0.15) is 45.4 Å². The molecule has 0 aliphatic carbocycles. The first-order valence-corrected chi connectivity index (χ1v) is 11.4. The lowest BCUT2D eigenvalue weighted by atomic mass is 9.75. The predicted molar refractivity (Wildman–Crippen MR) is 118 cm³/mol. The van der Waals surface area contributed by atoms with Gasteiger partial charge in [-0.2, -0.15) is 0 Å². The molecule has 0 unspecified atom stereocenters. The topological polar surface area (TPSA) is 53.1 Å². The van der Waals surface area contributed by atoms with Crippen molar-refractivity contribution in [3.63, 3.8) is 0 Å². The van der Waals surface area contributed by atoms with Crippen LogP contribution in [0.15, 0.2) is 30.3 Å². The molecule has 2 aliphatic rings. The third kappa shape index (κ3) is 6.21. The van der Waals surface area contributed by atoms with Crippen LogP contribution >= 0.6 is 0 Å². The first-order valence-electron chi connectivity index (χ1n) is 11.4. The van der Waals surface area contributed by atoms with E-state index in [4.69, 9.17) is 4.74 Å². The van der Waals surface area contributed by atoms with Gasteiger partial charge < -0.3 is 19.4 Å². The highest BCUT2D eigenvalue weighted by atomic mass is 16.5. The van der Waals surface area contributed by atoms with Crippen LogP contribution in [0.3, 0.4) is 0 Å². The molecule has 0 N–H and O–H groups in total. The second-order valence-electron chi connectivity index (χ2n) is 8.95. The number of piperidine rings is 1. The average Bonchev–Trinajstić information content (AvgIpc) is 2.78. The highest BCUT2D eigenvalue weighted by Gasteiger charge is 2.39. The van der Waals surface area contributed by atoms with Crippen molar-refractivity contribution < 1.29 is 14.3 Å². The van der Waals surface area contributed by atoms with Gasteiger partial charge in [0.15, 0.2) is 0 Å². The largest absolute Gasteiger partial charge is 0.493 e. The Kier molecular flexibility index (Phi) is 8.14. The fourth-order valence-electron chi connectivity index (χ4n) is 4.33. The Balaban J connectivity index is 1.63. The number of piperazine rings is 1. The number of hydrogen-bond donors (Lipinski definition) is 0. The second-order valence-corrected chi connectivity index (χ2v) is 8.95. The lowest BCUT2D eigenvalue weighted by Crippen LogP contribution is -2.51. The molecular weight excluding hydrogens is 378 g/mol. The summed E-state index contributed by atoms with van der Waals surface area (Å²) in [6, 6.07) is 9.82. The van der Waals surface area contributed by atoms with Gasteiger partial charge in [-0.1, -0.05) is 31.5 Å². The van der Waals surface area contributed by atoms with Crippen LogP contribution in [0.2, 0.25) is 0 Å². The van der Waals surface area contributed by atoms with Crippen LogP contribution in [0.4, 0.5) is 0 Å². The molecule has 2 saturated heterocycles. The molecule has 30 heavy (non-hydrogen) atoms. The first kappa shape index (κ1) is 22.6. The monoisotopic (exact) mass is 415 g/mol. The van der Waals surface area contributed by atoms with Crippen LogP contribution in [0, 0.1) is 5.41 Å². The number of nitrogens with zero attached hydrogens (tertiary/aromatic N) is 3. The normalized spacial score (nSPS) is 19.5. The molecule has 0 spiro atoms. The second kappa shape index (κ2) is 10.8. The number of para-hydroxylation sites is 1. The van der Waals surface area contributed by atoms with Crippen LogP contribution < -0.4 is 4.74 Å². The zero-order valence-electron chi connectivity index (χ0n) is 18.6. The number of likely N-dealkylation sites (tertiary alicyclic amines) is 1. The van der Waals surface area contributed by atoms with Crippen molar-refractivity contribution in [3.05, 3.63) is 30.3 Å². The van der Waals surface area contributed by atoms with E-state index in [0.29, 0.717) is 19.4 Å². The van der Waals surface area contributed by atoms with E-state index in [1.165, 1.54) is 0 Å². The Hall–Kier alpha value is -2.08. The van der Waals surface area contributed by atoms with Gasteiger partial charge in [-0.25, -0.2) is 0 Å². The predicted octanol–water partition coefficient (Wildman–Crippen LogP) is 3.03. The number of benzene rings is 1. The SMILES string of the molecule is CCCCC(=O)N1CCC(COc2ccccc2)(CC(=O)N2CCN(C)CC2)CC1. The summed E-state index contributed by atoms with van der Waals surface area (Å²) >= 11 is 0. The Labute approximate surface area is 181 Å². The first-order chi connectivity index (χ1) is 14.5. The fourth-order valence-corrected chi connectivity index (χ4v) is 4.33. The maximum atomic E-state index is 13.1. The maximum absolute atomic E-state index is 13.1. The third-order valence-electron chi connectivity index (χ3n) is 6.59. The maximum Gasteiger partial charge on any atom is 0.223 e. The molecular formula is C24H37N3O3. The molecule has 0 aromatic heterocycles. The van der Waals surface area contributed by atoms with Crippen LogP contribution in [-0.4, -0.2) is 79.4 Å².